The Morgan fingerprint density at radius 2 is 2.00 bits per heavy atom. The van der Waals surface area contributed by atoms with Gasteiger partial charge in [0.25, 0.3) is 0 Å². The predicted octanol–water partition coefficient (Wildman–Crippen LogP) is 0.934. The maximum absolute atomic E-state index is 11.2. The summed E-state index contributed by atoms with van der Waals surface area (Å²) in [6.45, 7) is 3.45. The fourth-order valence-corrected chi connectivity index (χ4v) is 1.77. The Balaban J connectivity index is 2.44. The zero-order valence-corrected chi connectivity index (χ0v) is 8.07. The Morgan fingerprint density at radius 1 is 1.46 bits per heavy atom. The number of likely N-dealkylation sites (N-methyl/N-ethyl adjacent to an activating group) is 1. The number of hydrogen-bond acceptors (Lipinski definition) is 2. The Hall–Kier alpha value is -0.830. The summed E-state index contributed by atoms with van der Waals surface area (Å²) in [7, 11) is 1.80. The summed E-state index contributed by atoms with van der Waals surface area (Å²) in [5.74, 6) is -0.0265. The van der Waals surface area contributed by atoms with Gasteiger partial charge in [-0.2, -0.15) is 0 Å². The smallest absolute Gasteiger partial charge is 0.245 e. The van der Waals surface area contributed by atoms with Crippen LogP contribution in [0.1, 0.15) is 25.7 Å². The minimum absolute atomic E-state index is 0.0265. The number of rotatable bonds is 2. The van der Waals surface area contributed by atoms with E-state index in [0.29, 0.717) is 0 Å². The van der Waals surface area contributed by atoms with Crippen molar-refractivity contribution < 1.29 is 9.90 Å². The lowest BCUT2D eigenvalue weighted by Gasteiger charge is -2.32. The topological polar surface area (TPSA) is 40.5 Å². The molecule has 0 aromatic heterocycles. The van der Waals surface area contributed by atoms with E-state index >= 15 is 0 Å². The van der Waals surface area contributed by atoms with Crippen LogP contribution in [0.3, 0.4) is 0 Å². The van der Waals surface area contributed by atoms with E-state index in [1.54, 1.807) is 11.9 Å². The first kappa shape index (κ1) is 10.3. The average molecular weight is 183 g/mol. The molecule has 0 radical (unpaired) electrons. The van der Waals surface area contributed by atoms with E-state index in [1.165, 1.54) is 6.08 Å². The van der Waals surface area contributed by atoms with Crippen LogP contribution < -0.4 is 0 Å². The van der Waals surface area contributed by atoms with Crippen molar-refractivity contribution in [2.24, 2.45) is 0 Å². The maximum atomic E-state index is 11.2. The van der Waals surface area contributed by atoms with E-state index < -0.39 is 0 Å². The van der Waals surface area contributed by atoms with Crippen LogP contribution in [0, 0.1) is 0 Å². The summed E-state index contributed by atoms with van der Waals surface area (Å²) < 4.78 is 0. The van der Waals surface area contributed by atoms with Crippen molar-refractivity contribution >= 4 is 5.91 Å². The van der Waals surface area contributed by atoms with Gasteiger partial charge in [-0.25, -0.2) is 0 Å². The highest BCUT2D eigenvalue weighted by molar-refractivity contribution is 5.87. The fraction of sp³-hybridized carbons (Fsp3) is 0.700. The zero-order chi connectivity index (χ0) is 9.84. The SMILES string of the molecule is C=CC(=O)N(C)C1CCC(O)CC1. The van der Waals surface area contributed by atoms with Crippen molar-refractivity contribution in [3.8, 4) is 0 Å². The first-order valence-electron chi connectivity index (χ1n) is 4.72. The Morgan fingerprint density at radius 3 is 2.46 bits per heavy atom. The molecular weight excluding hydrogens is 166 g/mol. The monoisotopic (exact) mass is 183 g/mol. The third-order valence-corrected chi connectivity index (χ3v) is 2.74. The van der Waals surface area contributed by atoms with Crippen LogP contribution in [-0.2, 0) is 4.79 Å². The van der Waals surface area contributed by atoms with Gasteiger partial charge in [-0.05, 0) is 31.8 Å². The predicted molar refractivity (Wildman–Crippen MR) is 51.2 cm³/mol. The largest absolute Gasteiger partial charge is 0.393 e. The number of hydrogen-bond donors (Lipinski definition) is 1. The molecule has 0 atom stereocenters. The quantitative estimate of drug-likeness (QED) is 0.647. The van der Waals surface area contributed by atoms with Gasteiger partial charge >= 0.3 is 0 Å². The van der Waals surface area contributed by atoms with Gasteiger partial charge in [-0.15, -0.1) is 0 Å². The van der Waals surface area contributed by atoms with Crippen LogP contribution >= 0.6 is 0 Å². The van der Waals surface area contributed by atoms with Crippen LogP contribution in [0.5, 0.6) is 0 Å². The van der Waals surface area contributed by atoms with Crippen LogP contribution in [-0.4, -0.2) is 35.1 Å². The van der Waals surface area contributed by atoms with Crippen molar-refractivity contribution in [3.05, 3.63) is 12.7 Å². The second-order valence-electron chi connectivity index (χ2n) is 3.62. The Kier molecular flexibility index (Phi) is 3.48. The van der Waals surface area contributed by atoms with Gasteiger partial charge in [-0.1, -0.05) is 6.58 Å². The lowest BCUT2D eigenvalue weighted by Crippen LogP contribution is -2.39. The lowest BCUT2D eigenvalue weighted by atomic mass is 9.92. The fourth-order valence-electron chi connectivity index (χ4n) is 1.77. The summed E-state index contributed by atoms with van der Waals surface area (Å²) in [5, 5.41) is 9.28. The third-order valence-electron chi connectivity index (χ3n) is 2.74. The molecule has 1 aliphatic carbocycles. The Bertz CT molecular complexity index is 195. The average Bonchev–Trinajstić information content (AvgIpc) is 2.17. The van der Waals surface area contributed by atoms with Crippen LogP contribution in [0.25, 0.3) is 0 Å². The molecule has 1 amide bonds. The molecule has 1 saturated carbocycles. The highest BCUT2D eigenvalue weighted by Gasteiger charge is 2.24. The third kappa shape index (κ3) is 2.56. The van der Waals surface area contributed by atoms with Gasteiger partial charge in [0.05, 0.1) is 6.10 Å². The van der Waals surface area contributed by atoms with E-state index in [4.69, 9.17) is 0 Å². The van der Waals surface area contributed by atoms with Gasteiger partial charge in [-0.3, -0.25) is 4.79 Å². The van der Waals surface area contributed by atoms with Crippen molar-refractivity contribution in [1.82, 2.24) is 4.90 Å². The summed E-state index contributed by atoms with van der Waals surface area (Å²) in [5.41, 5.74) is 0. The molecular formula is C10H17NO2. The molecule has 0 aromatic carbocycles. The summed E-state index contributed by atoms with van der Waals surface area (Å²) in [6.07, 6.45) is 4.58. The maximum Gasteiger partial charge on any atom is 0.245 e. The van der Waals surface area contributed by atoms with Crippen molar-refractivity contribution in [3.63, 3.8) is 0 Å². The molecule has 74 valence electrons. The molecule has 0 bridgehead atoms. The molecule has 0 heterocycles. The summed E-state index contributed by atoms with van der Waals surface area (Å²) >= 11 is 0. The summed E-state index contributed by atoms with van der Waals surface area (Å²) in [6, 6.07) is 0.286. The second-order valence-corrected chi connectivity index (χ2v) is 3.62. The molecule has 13 heavy (non-hydrogen) atoms. The molecule has 0 aliphatic heterocycles. The molecule has 3 nitrogen and oxygen atoms in total. The van der Waals surface area contributed by atoms with Gasteiger partial charge in [0.15, 0.2) is 0 Å². The minimum Gasteiger partial charge on any atom is -0.393 e. The summed E-state index contributed by atoms with van der Waals surface area (Å²) in [4.78, 5) is 13.0. The van der Waals surface area contributed by atoms with Crippen LogP contribution in [0.2, 0.25) is 0 Å². The van der Waals surface area contributed by atoms with E-state index in [0.717, 1.165) is 25.7 Å². The van der Waals surface area contributed by atoms with Gasteiger partial charge in [0, 0.05) is 13.1 Å². The van der Waals surface area contributed by atoms with Crippen LogP contribution in [0.4, 0.5) is 0 Å². The molecule has 0 spiro atoms. The minimum atomic E-state index is -0.163. The van der Waals surface area contributed by atoms with E-state index in [-0.39, 0.29) is 18.1 Å². The van der Waals surface area contributed by atoms with Gasteiger partial charge in [0.2, 0.25) is 5.91 Å². The molecule has 1 aliphatic rings. The normalized spacial score (nSPS) is 28.2. The van der Waals surface area contributed by atoms with Crippen molar-refractivity contribution in [2.45, 2.75) is 37.8 Å². The van der Waals surface area contributed by atoms with Crippen LogP contribution in [0.15, 0.2) is 12.7 Å². The van der Waals surface area contributed by atoms with Crippen molar-refractivity contribution in [2.75, 3.05) is 7.05 Å². The second kappa shape index (κ2) is 4.42. The lowest BCUT2D eigenvalue weighted by molar-refractivity contribution is -0.127. The number of amides is 1. The van der Waals surface area contributed by atoms with Crippen molar-refractivity contribution in [1.29, 1.82) is 0 Å². The van der Waals surface area contributed by atoms with E-state index in [2.05, 4.69) is 6.58 Å². The number of carbonyl (C=O) groups is 1. The number of aliphatic hydroxyl groups is 1. The highest BCUT2D eigenvalue weighted by Crippen LogP contribution is 2.22. The molecule has 3 heteroatoms. The molecule has 1 rings (SSSR count). The zero-order valence-electron chi connectivity index (χ0n) is 8.07. The molecule has 0 saturated heterocycles. The molecule has 0 unspecified atom stereocenters. The first-order valence-corrected chi connectivity index (χ1v) is 4.72. The van der Waals surface area contributed by atoms with E-state index in [9.17, 15) is 9.90 Å². The number of aliphatic hydroxyl groups excluding tert-OH is 1. The number of nitrogens with zero attached hydrogens (tertiary/aromatic N) is 1. The highest BCUT2D eigenvalue weighted by atomic mass is 16.3. The molecule has 0 aromatic rings. The van der Waals surface area contributed by atoms with Gasteiger partial charge in [0.1, 0.15) is 0 Å². The molecule has 1 N–H and O–H groups in total. The first-order chi connectivity index (χ1) is 6.15. The van der Waals surface area contributed by atoms with Gasteiger partial charge < -0.3 is 10.0 Å². The number of carbonyl (C=O) groups excluding carboxylic acids is 1. The van der Waals surface area contributed by atoms with E-state index in [1.807, 2.05) is 0 Å². The molecule has 1 fully saturated rings. The Labute approximate surface area is 79.0 Å². The standard InChI is InChI=1S/C10H17NO2/c1-3-10(13)11(2)8-4-6-9(12)7-5-8/h3,8-9,12H,1,4-7H2,2H3.